The summed E-state index contributed by atoms with van der Waals surface area (Å²) in [6.45, 7) is 0.762. The second-order valence-electron chi connectivity index (χ2n) is 3.21. The smallest absolute Gasteiger partial charge is 0.0652 e. The van der Waals surface area contributed by atoms with Gasteiger partial charge in [-0.15, -0.1) is 11.3 Å². The Bertz CT molecular complexity index is 498. The van der Waals surface area contributed by atoms with E-state index in [9.17, 15) is 0 Å². The maximum Gasteiger partial charge on any atom is 0.0652 e. The zero-order chi connectivity index (χ0) is 11.5. The van der Waals surface area contributed by atoms with Gasteiger partial charge in [-0.25, -0.2) is 0 Å². The molecule has 0 bridgehead atoms. The molecule has 2 rings (SSSR count). The quantitative estimate of drug-likeness (QED) is 0.788. The lowest BCUT2D eigenvalue weighted by Gasteiger charge is -2.07. The molecule has 1 N–H and O–H groups in total. The van der Waals surface area contributed by atoms with Crippen molar-refractivity contribution in [3.8, 4) is 0 Å². The Hall–Kier alpha value is -0.220. The molecule has 0 saturated heterocycles. The van der Waals surface area contributed by atoms with Crippen LogP contribution < -0.4 is 5.32 Å². The maximum atomic E-state index is 6.05. The highest BCUT2D eigenvalue weighted by atomic mass is 79.9. The van der Waals surface area contributed by atoms with Crippen molar-refractivity contribution in [1.82, 2.24) is 0 Å². The van der Waals surface area contributed by atoms with Crippen LogP contribution in [0, 0.1) is 0 Å². The second-order valence-corrected chi connectivity index (χ2v) is 5.96. The van der Waals surface area contributed by atoms with E-state index < -0.39 is 0 Å². The van der Waals surface area contributed by atoms with E-state index in [2.05, 4.69) is 32.7 Å². The predicted octanol–water partition coefficient (Wildman–Crippen LogP) is 5.43. The van der Waals surface area contributed by atoms with E-state index >= 15 is 0 Å². The molecule has 0 atom stereocenters. The summed E-state index contributed by atoms with van der Waals surface area (Å²) in [5.41, 5.74) is 0.899. The number of hydrogen-bond donors (Lipinski definition) is 1. The van der Waals surface area contributed by atoms with Crippen molar-refractivity contribution in [3.05, 3.63) is 49.0 Å². The zero-order valence-electron chi connectivity index (χ0n) is 8.14. The summed E-state index contributed by atoms with van der Waals surface area (Å²) < 4.78 is 1.11. The molecule has 0 aliphatic rings. The van der Waals surface area contributed by atoms with Gasteiger partial charge in [0.25, 0.3) is 0 Å². The minimum absolute atomic E-state index is 0.642. The van der Waals surface area contributed by atoms with Crippen molar-refractivity contribution in [2.75, 3.05) is 5.32 Å². The standard InChI is InChI=1S/C11H8BrCl2NS/c12-7-3-9(16-6-7)5-15-11-2-1-8(13)4-10(11)14/h1-4,6,15H,5H2. The van der Waals surface area contributed by atoms with Crippen LogP contribution in [-0.2, 0) is 6.54 Å². The van der Waals surface area contributed by atoms with E-state index in [4.69, 9.17) is 23.2 Å². The van der Waals surface area contributed by atoms with Gasteiger partial charge in [0.1, 0.15) is 0 Å². The Morgan fingerprint density at radius 1 is 1.25 bits per heavy atom. The summed E-state index contributed by atoms with van der Waals surface area (Å²) in [4.78, 5) is 1.25. The van der Waals surface area contributed by atoms with E-state index in [-0.39, 0.29) is 0 Å². The maximum absolute atomic E-state index is 6.05. The van der Waals surface area contributed by atoms with Crippen molar-refractivity contribution < 1.29 is 0 Å². The lowest BCUT2D eigenvalue weighted by atomic mass is 10.3. The van der Waals surface area contributed by atoms with Gasteiger partial charge in [0.2, 0.25) is 0 Å². The number of nitrogens with one attached hydrogen (secondary N) is 1. The van der Waals surface area contributed by atoms with E-state index in [1.165, 1.54) is 4.88 Å². The van der Waals surface area contributed by atoms with Crippen molar-refractivity contribution >= 4 is 56.2 Å². The van der Waals surface area contributed by atoms with Crippen LogP contribution in [0.4, 0.5) is 5.69 Å². The third-order valence-electron chi connectivity index (χ3n) is 2.01. The fourth-order valence-electron chi connectivity index (χ4n) is 1.26. The molecule has 0 aliphatic carbocycles. The minimum atomic E-state index is 0.642. The Kier molecular flexibility index (Phi) is 4.14. The lowest BCUT2D eigenvalue weighted by Crippen LogP contribution is -1.97. The Labute approximate surface area is 117 Å². The Morgan fingerprint density at radius 3 is 2.69 bits per heavy atom. The molecule has 0 spiro atoms. The van der Waals surface area contributed by atoms with Crippen LogP contribution >= 0.6 is 50.5 Å². The molecule has 1 aromatic carbocycles. The first-order chi connectivity index (χ1) is 7.65. The largest absolute Gasteiger partial charge is 0.379 e. The van der Waals surface area contributed by atoms with Crippen LogP contribution in [0.25, 0.3) is 0 Å². The molecule has 0 unspecified atom stereocenters. The molecule has 84 valence electrons. The van der Waals surface area contributed by atoms with Crippen LogP contribution in [0.15, 0.2) is 34.1 Å². The molecule has 0 amide bonds. The second kappa shape index (κ2) is 5.41. The molecule has 0 radical (unpaired) electrons. The summed E-state index contributed by atoms with van der Waals surface area (Å²) in [5, 5.41) is 6.61. The first-order valence-corrected chi connectivity index (χ1v) is 7.00. The fourth-order valence-corrected chi connectivity index (χ4v) is 3.13. The third-order valence-corrected chi connectivity index (χ3v) is 4.25. The van der Waals surface area contributed by atoms with Gasteiger partial charge >= 0.3 is 0 Å². The summed E-state index contributed by atoms with van der Waals surface area (Å²) in [6.07, 6.45) is 0. The van der Waals surface area contributed by atoms with Crippen molar-refractivity contribution in [2.24, 2.45) is 0 Å². The van der Waals surface area contributed by atoms with Crippen molar-refractivity contribution in [3.63, 3.8) is 0 Å². The van der Waals surface area contributed by atoms with Gasteiger partial charge < -0.3 is 5.32 Å². The molecular weight excluding hydrogens is 329 g/mol. The Balaban J connectivity index is 2.04. The highest BCUT2D eigenvalue weighted by Gasteiger charge is 2.02. The Morgan fingerprint density at radius 2 is 2.06 bits per heavy atom. The summed E-state index contributed by atoms with van der Waals surface area (Å²) in [5.74, 6) is 0. The summed E-state index contributed by atoms with van der Waals surface area (Å²) >= 11 is 17.0. The number of halogens is 3. The fraction of sp³-hybridized carbons (Fsp3) is 0.0909. The number of benzene rings is 1. The van der Waals surface area contributed by atoms with E-state index in [1.54, 1.807) is 17.4 Å². The number of rotatable bonds is 3. The monoisotopic (exact) mass is 335 g/mol. The van der Waals surface area contributed by atoms with Crippen LogP contribution in [0.3, 0.4) is 0 Å². The highest BCUT2D eigenvalue weighted by Crippen LogP contribution is 2.27. The molecule has 0 saturated carbocycles. The molecular formula is C11H8BrCl2NS. The summed E-state index contributed by atoms with van der Waals surface area (Å²) in [7, 11) is 0. The SMILES string of the molecule is Clc1ccc(NCc2cc(Br)cs2)c(Cl)c1. The van der Waals surface area contributed by atoms with E-state index in [1.807, 2.05) is 12.1 Å². The summed E-state index contributed by atoms with van der Waals surface area (Å²) in [6, 6.07) is 7.52. The molecule has 0 aliphatic heterocycles. The zero-order valence-corrected chi connectivity index (χ0v) is 12.1. The van der Waals surface area contributed by atoms with Crippen LogP contribution in [0.1, 0.15) is 4.88 Å². The van der Waals surface area contributed by atoms with Crippen LogP contribution in [0.2, 0.25) is 10.0 Å². The normalized spacial score (nSPS) is 10.4. The predicted molar refractivity (Wildman–Crippen MR) is 75.8 cm³/mol. The van der Waals surface area contributed by atoms with E-state index in [0.29, 0.717) is 10.0 Å². The van der Waals surface area contributed by atoms with Gasteiger partial charge in [0.15, 0.2) is 0 Å². The molecule has 1 heterocycles. The first-order valence-electron chi connectivity index (χ1n) is 4.57. The molecule has 0 fully saturated rings. The highest BCUT2D eigenvalue weighted by molar-refractivity contribution is 9.10. The molecule has 1 nitrogen and oxygen atoms in total. The minimum Gasteiger partial charge on any atom is -0.379 e. The average Bonchev–Trinajstić information content (AvgIpc) is 2.63. The first kappa shape index (κ1) is 12.2. The molecule has 1 aromatic heterocycles. The van der Waals surface area contributed by atoms with Gasteiger partial charge in [-0.3, -0.25) is 0 Å². The van der Waals surface area contributed by atoms with Gasteiger partial charge in [-0.2, -0.15) is 0 Å². The van der Waals surface area contributed by atoms with Crippen molar-refractivity contribution in [2.45, 2.75) is 6.54 Å². The van der Waals surface area contributed by atoms with Gasteiger partial charge in [0.05, 0.1) is 10.7 Å². The van der Waals surface area contributed by atoms with Crippen LogP contribution in [0.5, 0.6) is 0 Å². The number of thiophene rings is 1. The molecule has 16 heavy (non-hydrogen) atoms. The van der Waals surface area contributed by atoms with Gasteiger partial charge in [0, 0.05) is 26.3 Å². The van der Waals surface area contributed by atoms with Crippen LogP contribution in [-0.4, -0.2) is 0 Å². The van der Waals surface area contributed by atoms with Crippen molar-refractivity contribution in [1.29, 1.82) is 0 Å². The van der Waals surface area contributed by atoms with E-state index in [0.717, 1.165) is 16.7 Å². The molecule has 5 heteroatoms. The third kappa shape index (κ3) is 3.14. The number of hydrogen-bond acceptors (Lipinski definition) is 2. The van der Waals surface area contributed by atoms with Gasteiger partial charge in [-0.1, -0.05) is 23.2 Å². The number of anilines is 1. The molecule has 2 aromatic rings. The lowest BCUT2D eigenvalue weighted by molar-refractivity contribution is 1.19. The average molecular weight is 337 g/mol. The van der Waals surface area contributed by atoms with Gasteiger partial charge in [-0.05, 0) is 40.2 Å². The topological polar surface area (TPSA) is 12.0 Å².